The van der Waals surface area contributed by atoms with Crippen LogP contribution in [0.1, 0.15) is 6.23 Å². The molecule has 10 N–H and O–H groups in total. The highest BCUT2D eigenvalue weighted by atomic mass is 31.3. The smallest absolute Gasteiger partial charge is 0.388 e. The van der Waals surface area contributed by atoms with E-state index in [0.29, 0.717) is 0 Å². The van der Waals surface area contributed by atoms with E-state index < -0.39 is 60.0 Å². The van der Waals surface area contributed by atoms with Crippen LogP contribution in [-0.4, -0.2) is 69.6 Å². The average Bonchev–Trinajstić information content (AvgIpc) is 3.17. The Hall–Kier alpha value is -1.56. The number of aromatic amines is 1. The van der Waals surface area contributed by atoms with Crippen molar-refractivity contribution in [1.29, 1.82) is 0 Å². The van der Waals surface area contributed by atoms with E-state index in [9.17, 15) is 33.4 Å². The van der Waals surface area contributed by atoms with E-state index in [4.69, 9.17) is 26.0 Å². The molecule has 186 valence electrons. The van der Waals surface area contributed by atoms with Crippen LogP contribution in [0.2, 0.25) is 0 Å². The van der Waals surface area contributed by atoms with Crippen molar-refractivity contribution in [2.45, 2.75) is 18.4 Å². The number of anilines is 1. The van der Waals surface area contributed by atoms with Crippen molar-refractivity contribution in [3.05, 3.63) is 16.7 Å². The molecular weight excluding hydrogens is 517 g/mol. The lowest BCUT2D eigenvalue weighted by molar-refractivity contribution is -0.0486. The summed E-state index contributed by atoms with van der Waals surface area (Å²) in [5, 5.41) is 10.6. The molecule has 0 aliphatic carbocycles. The second kappa shape index (κ2) is 9.24. The fourth-order valence-electron chi connectivity index (χ4n) is 3.08. The van der Waals surface area contributed by atoms with Crippen LogP contribution in [0.3, 0.4) is 0 Å². The van der Waals surface area contributed by atoms with Crippen LogP contribution in [-0.2, 0) is 31.6 Å². The normalized spacial score (nSPS) is 27.5. The number of H-pyrrole nitrogens is 1. The summed E-state index contributed by atoms with van der Waals surface area (Å²) in [5.74, 6) is -1.15. The van der Waals surface area contributed by atoms with E-state index in [1.807, 2.05) is 0 Å². The van der Waals surface area contributed by atoms with Crippen LogP contribution in [0.4, 0.5) is 5.95 Å². The molecule has 6 unspecified atom stereocenters. The third-order valence-electron chi connectivity index (χ3n) is 4.34. The van der Waals surface area contributed by atoms with E-state index in [2.05, 4.69) is 28.1 Å². The Morgan fingerprint density at radius 2 is 1.85 bits per heavy atom. The van der Waals surface area contributed by atoms with Crippen LogP contribution in [0.15, 0.2) is 11.1 Å². The summed E-state index contributed by atoms with van der Waals surface area (Å²) in [5.41, 5.74) is 10.4. The van der Waals surface area contributed by atoms with Gasteiger partial charge in [0.2, 0.25) is 5.95 Å². The summed E-state index contributed by atoms with van der Waals surface area (Å²) in [7, 11) is -16.7. The largest absolute Gasteiger partial charge is 0.490 e. The summed E-state index contributed by atoms with van der Waals surface area (Å²) < 4.78 is 52.6. The molecule has 2 aromatic rings. The molecule has 0 saturated carbocycles. The molecule has 1 fully saturated rings. The number of nitrogens with one attached hydrogen (secondary N) is 1. The number of rotatable bonds is 9. The summed E-state index contributed by atoms with van der Waals surface area (Å²) in [6.45, 7) is -1.05. The highest BCUT2D eigenvalue weighted by molar-refractivity contribution is 7.66. The van der Waals surface area contributed by atoms with Crippen LogP contribution in [0, 0.1) is 5.92 Å². The fourth-order valence-corrected chi connectivity index (χ4v) is 6.11. The number of hydrogen-bond donors (Lipinski definition) is 8. The second-order valence-corrected chi connectivity index (χ2v) is 11.0. The molecule has 22 heteroatoms. The monoisotopic (exact) mass is 536 g/mol. The lowest BCUT2D eigenvalue weighted by atomic mass is 9.99. The third-order valence-corrected chi connectivity index (χ3v) is 8.14. The number of phosphoric acid groups is 3. The number of nitrogens with zero attached hydrogens (tertiary/aromatic N) is 3. The van der Waals surface area contributed by atoms with Gasteiger partial charge in [-0.15, -0.1) is 0 Å². The van der Waals surface area contributed by atoms with Crippen molar-refractivity contribution >= 4 is 40.6 Å². The number of aliphatic hydroxyl groups is 1. The lowest BCUT2D eigenvalue weighted by Gasteiger charge is -2.20. The topological polar surface area (TPSA) is 305 Å². The van der Waals surface area contributed by atoms with Gasteiger partial charge < -0.3 is 40.9 Å². The van der Waals surface area contributed by atoms with Gasteiger partial charge in [0, 0.05) is 12.5 Å². The van der Waals surface area contributed by atoms with Gasteiger partial charge in [0.25, 0.3) is 5.56 Å². The second-order valence-electron chi connectivity index (χ2n) is 6.62. The number of aromatic nitrogens is 4. The number of aliphatic hydroxyl groups excluding tert-OH is 1. The predicted octanol–water partition coefficient (Wildman–Crippen LogP) is -2.12. The molecule has 6 atom stereocenters. The maximum Gasteiger partial charge on any atom is 0.490 e. The van der Waals surface area contributed by atoms with Crippen LogP contribution in [0.5, 0.6) is 0 Å². The maximum absolute atomic E-state index is 11.9. The number of nitrogens with two attached hydrogens (primary N) is 2. The molecule has 1 saturated heterocycles. The Labute approximate surface area is 182 Å². The minimum Gasteiger partial charge on any atom is -0.388 e. The van der Waals surface area contributed by atoms with Crippen LogP contribution >= 0.6 is 23.5 Å². The van der Waals surface area contributed by atoms with Crippen molar-refractivity contribution < 1.29 is 56.3 Å². The number of nitrogen functional groups attached to an aromatic ring is 1. The SMILES string of the molecule is NCC1C(COP(=O)(O)OP(=O)(O)OP(=O)(O)O)OC(n2cnc3c(=O)[nH]c(N)nc32)C1O. The Morgan fingerprint density at radius 1 is 1.18 bits per heavy atom. The number of phosphoric ester groups is 1. The van der Waals surface area contributed by atoms with Gasteiger partial charge in [-0.1, -0.05) is 0 Å². The Morgan fingerprint density at radius 3 is 2.45 bits per heavy atom. The maximum atomic E-state index is 11.9. The Kier molecular flexibility index (Phi) is 7.29. The molecule has 33 heavy (non-hydrogen) atoms. The molecular formula is C11H19N6O13P3. The molecule has 19 nitrogen and oxygen atoms in total. The molecule has 3 rings (SSSR count). The fraction of sp³-hybridized carbons (Fsp3) is 0.545. The highest BCUT2D eigenvalue weighted by Gasteiger charge is 2.47. The standard InChI is InChI=1S/C11H19N6O13P3/c12-1-4-5(2-27-32(23,24)30-33(25,26)29-31(20,21)22)28-10(7(4)18)17-3-14-6-8(17)15-11(13)16-9(6)19/h3-5,7,10,18H,1-2,12H2,(H,23,24)(H,25,26)(H2,20,21,22)(H3,13,15,16,19). The zero-order valence-corrected chi connectivity index (χ0v) is 18.8. The first kappa shape index (κ1) is 26.1. The molecule has 0 bridgehead atoms. The van der Waals surface area contributed by atoms with Gasteiger partial charge in [0.1, 0.15) is 6.10 Å². The van der Waals surface area contributed by atoms with Gasteiger partial charge in [-0.2, -0.15) is 13.6 Å². The lowest BCUT2D eigenvalue weighted by Crippen LogP contribution is -2.34. The molecule has 2 aromatic heterocycles. The Balaban J connectivity index is 1.76. The first-order valence-corrected chi connectivity index (χ1v) is 13.2. The first-order valence-electron chi connectivity index (χ1n) is 8.67. The molecule has 0 amide bonds. The van der Waals surface area contributed by atoms with E-state index >= 15 is 0 Å². The summed E-state index contributed by atoms with van der Waals surface area (Å²) in [6, 6.07) is 0. The minimum atomic E-state index is -5.70. The average molecular weight is 536 g/mol. The van der Waals surface area contributed by atoms with Crippen molar-refractivity contribution in [3.63, 3.8) is 0 Å². The third kappa shape index (κ3) is 6.12. The summed E-state index contributed by atoms with van der Waals surface area (Å²) in [6.07, 6.45) is -2.66. The van der Waals surface area contributed by atoms with E-state index in [1.54, 1.807) is 0 Å². The van der Waals surface area contributed by atoms with E-state index in [1.165, 1.54) is 4.57 Å². The zero-order chi connectivity index (χ0) is 24.8. The van der Waals surface area contributed by atoms with Gasteiger partial charge in [-0.3, -0.25) is 18.9 Å². The number of fused-ring (bicyclic) bond motifs is 1. The summed E-state index contributed by atoms with van der Waals surface area (Å²) in [4.78, 5) is 57.9. The number of ether oxygens (including phenoxy) is 1. The van der Waals surface area contributed by atoms with Crippen molar-refractivity contribution in [1.82, 2.24) is 19.5 Å². The molecule has 0 spiro atoms. The van der Waals surface area contributed by atoms with Gasteiger partial charge in [-0.05, 0) is 0 Å². The predicted molar refractivity (Wildman–Crippen MR) is 105 cm³/mol. The van der Waals surface area contributed by atoms with Gasteiger partial charge in [0.05, 0.1) is 19.0 Å². The Bertz CT molecular complexity index is 1230. The van der Waals surface area contributed by atoms with Gasteiger partial charge in [-0.25, -0.2) is 18.7 Å². The zero-order valence-electron chi connectivity index (χ0n) is 16.1. The molecule has 3 heterocycles. The molecule has 1 aliphatic rings. The number of imidazole rings is 1. The highest BCUT2D eigenvalue weighted by Crippen LogP contribution is 2.66. The van der Waals surface area contributed by atoms with E-state index in [0.717, 1.165) is 6.33 Å². The molecule has 0 aromatic carbocycles. The van der Waals surface area contributed by atoms with Crippen LogP contribution in [0.25, 0.3) is 11.2 Å². The minimum absolute atomic E-state index is 0.0374. The van der Waals surface area contributed by atoms with Crippen molar-refractivity contribution in [2.75, 3.05) is 18.9 Å². The molecule has 1 aliphatic heterocycles. The first-order chi connectivity index (χ1) is 15.1. The molecule has 0 radical (unpaired) electrons. The van der Waals surface area contributed by atoms with Gasteiger partial charge >= 0.3 is 23.5 Å². The number of hydrogen-bond acceptors (Lipinski definition) is 13. The van der Waals surface area contributed by atoms with Crippen molar-refractivity contribution in [2.24, 2.45) is 11.7 Å². The van der Waals surface area contributed by atoms with Gasteiger partial charge in [0.15, 0.2) is 17.4 Å². The van der Waals surface area contributed by atoms with E-state index in [-0.39, 0.29) is 23.7 Å². The summed E-state index contributed by atoms with van der Waals surface area (Å²) >= 11 is 0. The van der Waals surface area contributed by atoms with Crippen LogP contribution < -0.4 is 17.0 Å². The van der Waals surface area contributed by atoms with Crippen molar-refractivity contribution in [3.8, 4) is 0 Å². The quantitative estimate of drug-likeness (QED) is 0.159.